The van der Waals surface area contributed by atoms with Gasteiger partial charge in [-0.2, -0.15) is 0 Å². The Morgan fingerprint density at radius 2 is 1.83 bits per heavy atom. The molecule has 0 radical (unpaired) electrons. The molecule has 0 saturated carbocycles. The molecule has 0 aliphatic carbocycles. The third-order valence-corrected chi connectivity index (χ3v) is 4.39. The minimum Gasteiger partial charge on any atom is -0.480 e. The van der Waals surface area contributed by atoms with E-state index in [4.69, 9.17) is 5.11 Å². The molecule has 5 nitrogen and oxygen atoms in total. The summed E-state index contributed by atoms with van der Waals surface area (Å²) in [4.78, 5) is 22.6. The van der Waals surface area contributed by atoms with Gasteiger partial charge in [-0.15, -0.1) is 0 Å². The zero-order valence-corrected chi connectivity index (χ0v) is 12.3. The highest BCUT2D eigenvalue weighted by Crippen LogP contribution is 2.10. The van der Waals surface area contributed by atoms with Crippen molar-refractivity contribution in [1.29, 1.82) is 0 Å². The van der Waals surface area contributed by atoms with Gasteiger partial charge in [-0.25, -0.2) is 0 Å². The highest BCUT2D eigenvalue weighted by molar-refractivity contribution is 7.87. The molecule has 0 bridgehead atoms. The zero-order chi connectivity index (χ0) is 14.3. The molecular formula is C12H23NO4S. The Balaban J connectivity index is 4.37. The maximum atomic E-state index is 11.8. The van der Waals surface area contributed by atoms with Crippen LogP contribution in [-0.2, 0) is 20.4 Å². The highest BCUT2D eigenvalue weighted by Gasteiger charge is 2.29. The van der Waals surface area contributed by atoms with E-state index in [1.807, 2.05) is 13.8 Å². The van der Waals surface area contributed by atoms with Gasteiger partial charge >= 0.3 is 5.97 Å². The molecule has 0 rings (SSSR count). The molecule has 0 aromatic heterocycles. The van der Waals surface area contributed by atoms with Crippen LogP contribution >= 0.6 is 0 Å². The Kier molecular flexibility index (Phi) is 7.82. The summed E-state index contributed by atoms with van der Waals surface area (Å²) in [6, 6.07) is 0.0295. The molecule has 1 amide bonds. The number of aliphatic carboxylic acids is 1. The SMILES string of the molecule is CCCC(C)NC(=O)CS(=O)C(C(=O)O)C(C)C. The van der Waals surface area contributed by atoms with E-state index in [-0.39, 0.29) is 23.6 Å². The first-order valence-electron chi connectivity index (χ1n) is 6.18. The van der Waals surface area contributed by atoms with Crippen molar-refractivity contribution in [1.82, 2.24) is 5.32 Å². The number of nitrogens with one attached hydrogen (secondary N) is 1. The number of carbonyl (C=O) groups excluding carboxylic acids is 1. The highest BCUT2D eigenvalue weighted by atomic mass is 32.2. The molecular weight excluding hydrogens is 254 g/mol. The van der Waals surface area contributed by atoms with E-state index in [9.17, 15) is 13.8 Å². The van der Waals surface area contributed by atoms with Crippen LogP contribution < -0.4 is 5.32 Å². The summed E-state index contributed by atoms with van der Waals surface area (Å²) in [5, 5.41) is 10.7. The molecule has 0 fully saturated rings. The van der Waals surface area contributed by atoms with Crippen molar-refractivity contribution in [2.45, 2.75) is 51.8 Å². The Morgan fingerprint density at radius 3 is 2.22 bits per heavy atom. The monoisotopic (exact) mass is 277 g/mol. The fraction of sp³-hybridized carbons (Fsp3) is 0.833. The van der Waals surface area contributed by atoms with Crippen LogP contribution in [0.5, 0.6) is 0 Å². The standard InChI is InChI=1S/C12H23NO4S/c1-5-6-9(4)13-10(14)7-18(17)11(8(2)3)12(15)16/h8-9,11H,5-7H2,1-4H3,(H,13,14)(H,15,16). The van der Waals surface area contributed by atoms with E-state index in [1.54, 1.807) is 13.8 Å². The van der Waals surface area contributed by atoms with E-state index in [0.29, 0.717) is 0 Å². The van der Waals surface area contributed by atoms with Gasteiger partial charge in [0.2, 0.25) is 5.91 Å². The van der Waals surface area contributed by atoms with Gasteiger partial charge in [0.1, 0.15) is 11.0 Å². The molecule has 3 unspecified atom stereocenters. The number of hydrogen-bond acceptors (Lipinski definition) is 3. The van der Waals surface area contributed by atoms with Crippen LogP contribution in [0, 0.1) is 5.92 Å². The molecule has 0 aromatic rings. The van der Waals surface area contributed by atoms with Crippen LogP contribution in [0.15, 0.2) is 0 Å². The van der Waals surface area contributed by atoms with Gasteiger partial charge in [-0.1, -0.05) is 27.2 Å². The number of carboxylic acid groups (broad SMARTS) is 1. The van der Waals surface area contributed by atoms with E-state index in [2.05, 4.69) is 5.32 Å². The van der Waals surface area contributed by atoms with Gasteiger partial charge in [-0.3, -0.25) is 13.8 Å². The lowest BCUT2D eigenvalue weighted by atomic mass is 10.1. The number of carboxylic acids is 1. The molecule has 3 atom stereocenters. The van der Waals surface area contributed by atoms with E-state index in [1.165, 1.54) is 0 Å². The zero-order valence-electron chi connectivity index (χ0n) is 11.4. The van der Waals surface area contributed by atoms with Gasteiger partial charge in [0, 0.05) is 16.8 Å². The molecule has 6 heteroatoms. The molecule has 0 heterocycles. The van der Waals surface area contributed by atoms with Crippen molar-refractivity contribution < 1.29 is 18.9 Å². The lowest BCUT2D eigenvalue weighted by molar-refractivity contribution is -0.137. The third kappa shape index (κ3) is 6.14. The molecule has 0 aromatic carbocycles. The summed E-state index contributed by atoms with van der Waals surface area (Å²) in [5.74, 6) is -1.97. The lowest BCUT2D eigenvalue weighted by Gasteiger charge is -2.17. The Morgan fingerprint density at radius 1 is 1.28 bits per heavy atom. The van der Waals surface area contributed by atoms with E-state index in [0.717, 1.165) is 12.8 Å². The van der Waals surface area contributed by atoms with Crippen LogP contribution in [0.25, 0.3) is 0 Å². The summed E-state index contributed by atoms with van der Waals surface area (Å²) in [7, 11) is -1.68. The molecule has 18 heavy (non-hydrogen) atoms. The van der Waals surface area contributed by atoms with Crippen molar-refractivity contribution in [3.05, 3.63) is 0 Å². The van der Waals surface area contributed by atoms with Gasteiger partial charge in [0.05, 0.1) is 0 Å². The first-order valence-corrected chi connectivity index (χ1v) is 7.57. The van der Waals surface area contributed by atoms with Gasteiger partial charge in [0.25, 0.3) is 0 Å². The molecule has 0 spiro atoms. The largest absolute Gasteiger partial charge is 0.480 e. The van der Waals surface area contributed by atoms with Crippen molar-refractivity contribution >= 4 is 22.7 Å². The van der Waals surface area contributed by atoms with Crippen LogP contribution in [0.2, 0.25) is 0 Å². The van der Waals surface area contributed by atoms with Crippen molar-refractivity contribution in [2.75, 3.05) is 5.75 Å². The average molecular weight is 277 g/mol. The predicted octanol–water partition coefficient (Wildman–Crippen LogP) is 1.15. The molecule has 0 aliphatic heterocycles. The fourth-order valence-corrected chi connectivity index (χ4v) is 3.10. The Bertz CT molecular complexity index is 317. The molecule has 0 saturated heterocycles. The average Bonchev–Trinajstić information content (AvgIpc) is 2.14. The number of hydrogen-bond donors (Lipinski definition) is 2. The van der Waals surface area contributed by atoms with Crippen molar-refractivity contribution in [2.24, 2.45) is 5.92 Å². The van der Waals surface area contributed by atoms with Crippen LogP contribution in [0.4, 0.5) is 0 Å². The van der Waals surface area contributed by atoms with E-state index >= 15 is 0 Å². The topological polar surface area (TPSA) is 83.5 Å². The number of carbonyl (C=O) groups is 2. The van der Waals surface area contributed by atoms with Crippen molar-refractivity contribution in [3.63, 3.8) is 0 Å². The second kappa shape index (κ2) is 8.24. The van der Waals surface area contributed by atoms with Crippen LogP contribution in [-0.4, -0.2) is 38.2 Å². The fourth-order valence-electron chi connectivity index (χ4n) is 1.74. The first kappa shape index (κ1) is 17.1. The van der Waals surface area contributed by atoms with Gasteiger partial charge in [0.15, 0.2) is 0 Å². The summed E-state index contributed by atoms with van der Waals surface area (Å²) in [6.07, 6.45) is 1.80. The predicted molar refractivity (Wildman–Crippen MR) is 71.8 cm³/mol. The Hall–Kier alpha value is -0.910. The smallest absolute Gasteiger partial charge is 0.319 e. The molecule has 0 aliphatic rings. The maximum absolute atomic E-state index is 11.8. The second-order valence-electron chi connectivity index (χ2n) is 4.79. The quantitative estimate of drug-likeness (QED) is 0.697. The Labute approximate surface area is 111 Å². The third-order valence-electron chi connectivity index (χ3n) is 2.53. The van der Waals surface area contributed by atoms with E-state index < -0.39 is 22.0 Å². The first-order chi connectivity index (χ1) is 8.29. The second-order valence-corrected chi connectivity index (χ2v) is 6.34. The van der Waals surface area contributed by atoms with Gasteiger partial charge < -0.3 is 10.4 Å². The summed E-state index contributed by atoms with van der Waals surface area (Å²) in [6.45, 7) is 7.27. The summed E-state index contributed by atoms with van der Waals surface area (Å²) >= 11 is 0. The minimum atomic E-state index is -1.68. The summed E-state index contributed by atoms with van der Waals surface area (Å²) in [5.41, 5.74) is 0. The number of rotatable bonds is 8. The molecule has 106 valence electrons. The maximum Gasteiger partial charge on any atom is 0.319 e. The van der Waals surface area contributed by atoms with Crippen LogP contribution in [0.3, 0.4) is 0 Å². The molecule has 2 N–H and O–H groups in total. The van der Waals surface area contributed by atoms with Crippen molar-refractivity contribution in [3.8, 4) is 0 Å². The van der Waals surface area contributed by atoms with Crippen LogP contribution in [0.1, 0.15) is 40.5 Å². The lowest BCUT2D eigenvalue weighted by Crippen LogP contribution is -2.40. The van der Waals surface area contributed by atoms with Gasteiger partial charge in [-0.05, 0) is 19.3 Å². The minimum absolute atomic E-state index is 0.0295. The normalized spacial score (nSPS) is 16.1. The number of amides is 1. The summed E-state index contributed by atoms with van der Waals surface area (Å²) < 4.78 is 11.8.